The lowest BCUT2D eigenvalue weighted by atomic mass is 9.97. The van der Waals surface area contributed by atoms with E-state index in [0.717, 1.165) is 5.75 Å². The molecule has 1 saturated heterocycles. The van der Waals surface area contributed by atoms with E-state index in [0.29, 0.717) is 38.3 Å². The standard InChI is InChI=1S/C16H20N2O4/c1-18(16(20)11-6-7-15(19)17-8-11)9-12-10-21-13-4-2-3-5-14(13)22-12/h2-5,11-12H,6-10H2,1H3,(H,17,19). The van der Waals surface area contributed by atoms with Crippen LogP contribution in [0.4, 0.5) is 0 Å². The number of benzene rings is 1. The molecule has 0 saturated carbocycles. The minimum Gasteiger partial charge on any atom is -0.486 e. The molecule has 1 fully saturated rings. The highest BCUT2D eigenvalue weighted by molar-refractivity contribution is 5.83. The Bertz CT molecular complexity index is 565. The van der Waals surface area contributed by atoms with Crippen molar-refractivity contribution in [1.82, 2.24) is 10.2 Å². The number of fused-ring (bicyclic) bond motifs is 1. The molecule has 2 atom stereocenters. The van der Waals surface area contributed by atoms with Crippen LogP contribution in [0.2, 0.25) is 0 Å². The molecule has 1 aromatic rings. The van der Waals surface area contributed by atoms with E-state index in [9.17, 15) is 9.59 Å². The number of rotatable bonds is 3. The molecule has 118 valence electrons. The van der Waals surface area contributed by atoms with Gasteiger partial charge in [-0.25, -0.2) is 0 Å². The van der Waals surface area contributed by atoms with E-state index in [1.807, 2.05) is 24.3 Å². The van der Waals surface area contributed by atoms with Crippen LogP contribution < -0.4 is 14.8 Å². The Hall–Kier alpha value is -2.24. The Labute approximate surface area is 129 Å². The van der Waals surface area contributed by atoms with Gasteiger partial charge in [-0.1, -0.05) is 12.1 Å². The van der Waals surface area contributed by atoms with Crippen LogP contribution in [0, 0.1) is 5.92 Å². The number of hydrogen-bond donors (Lipinski definition) is 1. The molecule has 2 unspecified atom stereocenters. The molecule has 0 radical (unpaired) electrons. The Balaban J connectivity index is 1.55. The summed E-state index contributed by atoms with van der Waals surface area (Å²) in [5.74, 6) is 1.38. The topological polar surface area (TPSA) is 67.9 Å². The molecular weight excluding hydrogens is 284 g/mol. The van der Waals surface area contributed by atoms with Crippen LogP contribution in [0.25, 0.3) is 0 Å². The summed E-state index contributed by atoms with van der Waals surface area (Å²) < 4.78 is 11.5. The van der Waals surface area contributed by atoms with Gasteiger partial charge in [0, 0.05) is 20.0 Å². The van der Waals surface area contributed by atoms with Crippen LogP contribution in [0.1, 0.15) is 12.8 Å². The Morgan fingerprint density at radius 3 is 2.86 bits per heavy atom. The van der Waals surface area contributed by atoms with Crippen molar-refractivity contribution in [2.45, 2.75) is 18.9 Å². The largest absolute Gasteiger partial charge is 0.486 e. The lowest BCUT2D eigenvalue weighted by Gasteiger charge is -2.32. The van der Waals surface area contributed by atoms with Crippen molar-refractivity contribution in [2.75, 3.05) is 26.7 Å². The van der Waals surface area contributed by atoms with Crippen LogP contribution in [-0.4, -0.2) is 49.6 Å². The summed E-state index contributed by atoms with van der Waals surface area (Å²) in [6, 6.07) is 7.52. The highest BCUT2D eigenvalue weighted by Gasteiger charge is 2.29. The molecule has 2 aliphatic heterocycles. The molecule has 1 N–H and O–H groups in total. The second-order valence-corrected chi connectivity index (χ2v) is 5.76. The molecule has 6 heteroatoms. The summed E-state index contributed by atoms with van der Waals surface area (Å²) in [4.78, 5) is 25.2. The van der Waals surface area contributed by atoms with E-state index in [4.69, 9.17) is 9.47 Å². The SMILES string of the molecule is CN(CC1COc2ccccc2O1)C(=O)C1CCC(=O)NC1. The molecule has 22 heavy (non-hydrogen) atoms. The molecule has 2 amide bonds. The third-order valence-electron chi connectivity index (χ3n) is 4.04. The first-order chi connectivity index (χ1) is 10.6. The normalized spacial score (nSPS) is 23.6. The quantitative estimate of drug-likeness (QED) is 0.897. The summed E-state index contributed by atoms with van der Waals surface area (Å²) in [6.07, 6.45) is 0.850. The van der Waals surface area contributed by atoms with Crippen molar-refractivity contribution in [3.63, 3.8) is 0 Å². The number of likely N-dealkylation sites (N-methyl/N-ethyl adjacent to an activating group) is 1. The fourth-order valence-corrected chi connectivity index (χ4v) is 2.80. The third kappa shape index (κ3) is 3.16. The van der Waals surface area contributed by atoms with Gasteiger partial charge < -0.3 is 19.7 Å². The van der Waals surface area contributed by atoms with Gasteiger partial charge in [-0.3, -0.25) is 9.59 Å². The maximum atomic E-state index is 12.4. The highest BCUT2D eigenvalue weighted by Crippen LogP contribution is 2.31. The fraction of sp³-hybridized carbons (Fsp3) is 0.500. The Morgan fingerprint density at radius 2 is 2.14 bits per heavy atom. The van der Waals surface area contributed by atoms with E-state index in [1.54, 1.807) is 11.9 Å². The minimum atomic E-state index is -0.179. The zero-order valence-electron chi connectivity index (χ0n) is 12.6. The maximum Gasteiger partial charge on any atom is 0.227 e. The number of para-hydroxylation sites is 2. The Kier molecular flexibility index (Phi) is 4.18. The van der Waals surface area contributed by atoms with Crippen LogP contribution in [0.3, 0.4) is 0 Å². The van der Waals surface area contributed by atoms with Crippen molar-refractivity contribution < 1.29 is 19.1 Å². The maximum absolute atomic E-state index is 12.4. The van der Waals surface area contributed by atoms with Gasteiger partial charge in [-0.2, -0.15) is 0 Å². The molecule has 3 rings (SSSR count). The van der Waals surface area contributed by atoms with E-state index in [1.165, 1.54) is 0 Å². The monoisotopic (exact) mass is 304 g/mol. The van der Waals surface area contributed by atoms with Gasteiger partial charge >= 0.3 is 0 Å². The number of nitrogens with one attached hydrogen (secondary N) is 1. The summed E-state index contributed by atoms with van der Waals surface area (Å²) in [5.41, 5.74) is 0. The predicted molar refractivity (Wildman–Crippen MR) is 79.7 cm³/mol. The average molecular weight is 304 g/mol. The van der Waals surface area contributed by atoms with Crippen LogP contribution >= 0.6 is 0 Å². The van der Waals surface area contributed by atoms with Gasteiger partial charge in [-0.15, -0.1) is 0 Å². The zero-order chi connectivity index (χ0) is 15.5. The number of ether oxygens (including phenoxy) is 2. The van der Waals surface area contributed by atoms with Gasteiger partial charge in [0.05, 0.1) is 12.5 Å². The van der Waals surface area contributed by atoms with Gasteiger partial charge in [0.25, 0.3) is 0 Å². The molecule has 2 aliphatic rings. The van der Waals surface area contributed by atoms with Crippen molar-refractivity contribution in [1.29, 1.82) is 0 Å². The van der Waals surface area contributed by atoms with Crippen LogP contribution in [0.15, 0.2) is 24.3 Å². The third-order valence-corrected chi connectivity index (χ3v) is 4.04. The summed E-state index contributed by atoms with van der Waals surface area (Å²) >= 11 is 0. The fourth-order valence-electron chi connectivity index (χ4n) is 2.80. The number of amides is 2. The van der Waals surface area contributed by atoms with E-state index >= 15 is 0 Å². The summed E-state index contributed by atoms with van der Waals surface area (Å²) in [7, 11) is 1.77. The van der Waals surface area contributed by atoms with Crippen LogP contribution in [0.5, 0.6) is 11.5 Å². The summed E-state index contributed by atoms with van der Waals surface area (Å²) in [5, 5.41) is 2.74. The van der Waals surface area contributed by atoms with E-state index in [-0.39, 0.29) is 23.8 Å². The molecule has 0 aliphatic carbocycles. The average Bonchev–Trinajstić information content (AvgIpc) is 2.55. The number of piperidine rings is 1. The van der Waals surface area contributed by atoms with Crippen molar-refractivity contribution in [3.8, 4) is 11.5 Å². The van der Waals surface area contributed by atoms with Crippen molar-refractivity contribution in [3.05, 3.63) is 24.3 Å². The number of hydrogen-bond acceptors (Lipinski definition) is 4. The highest BCUT2D eigenvalue weighted by atomic mass is 16.6. The first kappa shape index (κ1) is 14.7. The summed E-state index contributed by atoms with van der Waals surface area (Å²) in [6.45, 7) is 1.32. The number of carbonyl (C=O) groups is 2. The number of carbonyl (C=O) groups excluding carboxylic acids is 2. The minimum absolute atomic E-state index is 0.0207. The molecule has 2 heterocycles. The predicted octanol–water partition coefficient (Wildman–Crippen LogP) is 0.811. The lowest BCUT2D eigenvalue weighted by molar-refractivity contribution is -0.137. The molecule has 6 nitrogen and oxygen atoms in total. The van der Waals surface area contributed by atoms with Crippen LogP contribution in [-0.2, 0) is 9.59 Å². The van der Waals surface area contributed by atoms with Gasteiger partial charge in [-0.05, 0) is 18.6 Å². The molecule has 0 bridgehead atoms. The lowest BCUT2D eigenvalue weighted by Crippen LogP contribution is -2.47. The smallest absolute Gasteiger partial charge is 0.227 e. The number of nitrogens with zero attached hydrogens (tertiary/aromatic N) is 1. The van der Waals surface area contributed by atoms with Gasteiger partial charge in [0.2, 0.25) is 11.8 Å². The zero-order valence-corrected chi connectivity index (χ0v) is 12.6. The van der Waals surface area contributed by atoms with Gasteiger partial charge in [0.15, 0.2) is 17.6 Å². The molecular formula is C16H20N2O4. The van der Waals surface area contributed by atoms with Crippen molar-refractivity contribution >= 4 is 11.8 Å². The van der Waals surface area contributed by atoms with E-state index < -0.39 is 0 Å². The second kappa shape index (κ2) is 6.25. The van der Waals surface area contributed by atoms with E-state index in [2.05, 4.69) is 5.32 Å². The van der Waals surface area contributed by atoms with Gasteiger partial charge in [0.1, 0.15) is 6.61 Å². The molecule has 0 aromatic heterocycles. The molecule has 1 aromatic carbocycles. The Morgan fingerprint density at radius 1 is 1.36 bits per heavy atom. The molecule has 0 spiro atoms. The van der Waals surface area contributed by atoms with Crippen molar-refractivity contribution in [2.24, 2.45) is 5.92 Å². The first-order valence-electron chi connectivity index (χ1n) is 7.53. The first-order valence-corrected chi connectivity index (χ1v) is 7.53. The second-order valence-electron chi connectivity index (χ2n) is 5.76.